The number of benzene rings is 4. The van der Waals surface area contributed by atoms with Crippen LogP contribution in [0.1, 0.15) is 16.7 Å². The summed E-state index contributed by atoms with van der Waals surface area (Å²) in [5.74, 6) is -0.125. The zero-order valence-electron chi connectivity index (χ0n) is 17.8. The largest absolute Gasteiger partial charge is 0.507 e. The Bertz CT molecular complexity index is 1430. The summed E-state index contributed by atoms with van der Waals surface area (Å²) in [6.07, 6.45) is 8.42. The minimum atomic E-state index is -0.310. The molecule has 4 heteroatoms. The normalized spacial score (nSPS) is 16.2. The lowest BCUT2D eigenvalue weighted by molar-refractivity contribution is -0.108. The number of hydrogen-bond donors (Lipinski definition) is 2. The number of carbonyl (C=O) groups excluding carboxylic acids is 1. The maximum Gasteiger partial charge on any atom is 0.131 e. The minimum Gasteiger partial charge on any atom is -0.507 e. The van der Waals surface area contributed by atoms with Crippen molar-refractivity contribution in [3.63, 3.8) is 0 Å². The molecule has 4 aromatic rings. The molecule has 1 aliphatic carbocycles. The highest BCUT2D eigenvalue weighted by atomic mass is 16.3. The van der Waals surface area contributed by atoms with Gasteiger partial charge in [-0.05, 0) is 45.7 Å². The summed E-state index contributed by atoms with van der Waals surface area (Å²) in [6.45, 7) is 0. The van der Waals surface area contributed by atoms with Crippen LogP contribution in [0.5, 0.6) is 5.75 Å². The number of nitrogens with zero attached hydrogens (tertiary/aromatic N) is 1. The average molecular weight is 431 g/mol. The van der Waals surface area contributed by atoms with E-state index >= 15 is 0 Å². The molecule has 0 saturated heterocycles. The van der Waals surface area contributed by atoms with Crippen LogP contribution < -0.4 is 5.32 Å². The van der Waals surface area contributed by atoms with E-state index < -0.39 is 0 Å². The van der Waals surface area contributed by atoms with Gasteiger partial charge in [-0.25, -0.2) is 0 Å². The van der Waals surface area contributed by atoms with Gasteiger partial charge in [-0.2, -0.15) is 0 Å². The lowest BCUT2D eigenvalue weighted by atomic mass is 9.86. The molecule has 0 spiro atoms. The molecule has 0 aromatic heterocycles. The molecule has 0 aliphatic heterocycles. The van der Waals surface area contributed by atoms with Crippen molar-refractivity contribution in [2.75, 3.05) is 5.32 Å². The summed E-state index contributed by atoms with van der Waals surface area (Å²) >= 11 is 0. The maximum atomic E-state index is 11.7. The highest BCUT2D eigenvalue weighted by Crippen LogP contribution is 2.33. The summed E-state index contributed by atoms with van der Waals surface area (Å²) in [4.78, 5) is 16.4. The van der Waals surface area contributed by atoms with Crippen LogP contribution in [-0.2, 0) is 4.79 Å². The average Bonchev–Trinajstić information content (AvgIpc) is 2.87. The Balaban J connectivity index is 1.49. The van der Waals surface area contributed by atoms with Gasteiger partial charge in [0.1, 0.15) is 12.0 Å². The molecule has 1 unspecified atom stereocenters. The summed E-state index contributed by atoms with van der Waals surface area (Å²) < 4.78 is 0. The number of aldehydes is 1. The number of para-hydroxylation sites is 2. The molecule has 0 saturated carbocycles. The van der Waals surface area contributed by atoms with E-state index in [1.54, 1.807) is 12.3 Å². The number of phenolic OH excluding ortho intramolecular Hbond substituents is 1. The van der Waals surface area contributed by atoms with Gasteiger partial charge < -0.3 is 15.2 Å². The van der Waals surface area contributed by atoms with Crippen LogP contribution >= 0.6 is 0 Å². The first kappa shape index (κ1) is 20.5. The molecule has 0 bridgehead atoms. The van der Waals surface area contributed by atoms with Gasteiger partial charge in [0.05, 0.1) is 17.3 Å². The Morgan fingerprint density at radius 1 is 0.879 bits per heavy atom. The lowest BCUT2D eigenvalue weighted by Gasteiger charge is -2.19. The standard InChI is InChI=1S/C29H22N2O2/c32-19-22-14-13-20-7-1-3-9-23(20)25(22)17-30-27-11-5-6-12-28(27)31-18-26-24-10-4-2-8-21(24)15-16-29(26)33/h1-19,22,30,33H/b25-17-,31-18?. The topological polar surface area (TPSA) is 61.7 Å². The fourth-order valence-electron chi connectivity index (χ4n) is 4.11. The van der Waals surface area contributed by atoms with E-state index in [0.717, 1.165) is 45.1 Å². The summed E-state index contributed by atoms with van der Waals surface area (Å²) in [5, 5.41) is 15.7. The molecule has 33 heavy (non-hydrogen) atoms. The third-order valence-electron chi connectivity index (χ3n) is 5.83. The van der Waals surface area contributed by atoms with Crippen molar-refractivity contribution in [1.29, 1.82) is 0 Å². The fraction of sp³-hybridized carbons (Fsp3) is 0.0345. The third kappa shape index (κ3) is 4.06. The van der Waals surface area contributed by atoms with E-state index in [0.29, 0.717) is 5.56 Å². The number of carbonyl (C=O) groups is 1. The fourth-order valence-corrected chi connectivity index (χ4v) is 4.11. The van der Waals surface area contributed by atoms with Gasteiger partial charge in [-0.15, -0.1) is 0 Å². The first-order valence-corrected chi connectivity index (χ1v) is 10.8. The van der Waals surface area contributed by atoms with E-state index in [-0.39, 0.29) is 11.7 Å². The Morgan fingerprint density at radius 2 is 1.67 bits per heavy atom. The smallest absolute Gasteiger partial charge is 0.131 e. The lowest BCUT2D eigenvalue weighted by Crippen LogP contribution is -2.09. The van der Waals surface area contributed by atoms with E-state index in [2.05, 4.69) is 10.3 Å². The molecule has 1 atom stereocenters. The number of aliphatic imine (C=N–C) groups is 1. The number of hydrogen-bond acceptors (Lipinski definition) is 4. The number of rotatable bonds is 5. The van der Waals surface area contributed by atoms with Crippen molar-refractivity contribution in [2.24, 2.45) is 10.9 Å². The van der Waals surface area contributed by atoms with Gasteiger partial charge in [0.2, 0.25) is 0 Å². The number of aromatic hydroxyl groups is 1. The molecular weight excluding hydrogens is 408 g/mol. The van der Waals surface area contributed by atoms with Crippen molar-refractivity contribution in [3.05, 3.63) is 114 Å². The van der Waals surface area contributed by atoms with Crippen LogP contribution in [0.2, 0.25) is 0 Å². The predicted octanol–water partition coefficient (Wildman–Crippen LogP) is 6.59. The molecule has 4 aromatic carbocycles. The van der Waals surface area contributed by atoms with Gasteiger partial charge in [0.15, 0.2) is 0 Å². The van der Waals surface area contributed by atoms with E-state index in [4.69, 9.17) is 0 Å². The van der Waals surface area contributed by atoms with E-state index in [9.17, 15) is 9.90 Å². The van der Waals surface area contributed by atoms with Crippen LogP contribution in [0.25, 0.3) is 22.4 Å². The van der Waals surface area contributed by atoms with Gasteiger partial charge >= 0.3 is 0 Å². The SMILES string of the molecule is O=CC1C=Cc2ccccc2/C1=C\Nc1ccccc1N=Cc1c(O)ccc2ccccc12. The summed E-state index contributed by atoms with van der Waals surface area (Å²) in [6, 6.07) is 27.2. The highest BCUT2D eigenvalue weighted by Gasteiger charge is 2.19. The van der Waals surface area contributed by atoms with Crippen LogP contribution in [0, 0.1) is 5.92 Å². The number of allylic oxidation sites excluding steroid dienone is 2. The Morgan fingerprint density at radius 3 is 2.58 bits per heavy atom. The van der Waals surface area contributed by atoms with E-state index in [1.165, 1.54) is 0 Å². The molecular formula is C29H22N2O2. The van der Waals surface area contributed by atoms with Gasteiger partial charge in [0.25, 0.3) is 0 Å². The monoisotopic (exact) mass is 430 g/mol. The molecule has 4 nitrogen and oxygen atoms in total. The zero-order chi connectivity index (χ0) is 22.6. The number of nitrogens with one attached hydrogen (secondary N) is 1. The van der Waals surface area contributed by atoms with Crippen molar-refractivity contribution in [1.82, 2.24) is 0 Å². The summed E-state index contributed by atoms with van der Waals surface area (Å²) in [5.41, 5.74) is 5.23. The molecule has 0 amide bonds. The highest BCUT2D eigenvalue weighted by molar-refractivity contribution is 6.03. The Labute approximate surface area is 192 Å². The molecule has 1 aliphatic rings. The van der Waals surface area contributed by atoms with Crippen molar-refractivity contribution < 1.29 is 9.90 Å². The molecule has 2 N–H and O–H groups in total. The predicted molar refractivity (Wildman–Crippen MR) is 136 cm³/mol. The molecule has 0 heterocycles. The molecule has 160 valence electrons. The Hall–Kier alpha value is -4.44. The second-order valence-corrected chi connectivity index (χ2v) is 7.85. The van der Waals surface area contributed by atoms with Gasteiger partial charge in [-0.1, -0.05) is 78.9 Å². The maximum absolute atomic E-state index is 11.7. The van der Waals surface area contributed by atoms with Crippen molar-refractivity contribution in [3.8, 4) is 5.75 Å². The number of anilines is 1. The second kappa shape index (κ2) is 8.97. The van der Waals surface area contributed by atoms with E-state index in [1.807, 2.05) is 97.2 Å². The molecule has 0 radical (unpaired) electrons. The number of phenols is 1. The minimum absolute atomic E-state index is 0.185. The van der Waals surface area contributed by atoms with Crippen LogP contribution in [0.3, 0.4) is 0 Å². The molecule has 0 fully saturated rings. The summed E-state index contributed by atoms with van der Waals surface area (Å²) in [7, 11) is 0. The van der Waals surface area contributed by atoms with Crippen LogP contribution in [0.4, 0.5) is 11.4 Å². The Kier molecular flexibility index (Phi) is 5.56. The third-order valence-corrected chi connectivity index (χ3v) is 5.83. The first-order valence-electron chi connectivity index (χ1n) is 10.8. The van der Waals surface area contributed by atoms with Crippen LogP contribution in [0.15, 0.2) is 102 Å². The van der Waals surface area contributed by atoms with Crippen molar-refractivity contribution in [2.45, 2.75) is 0 Å². The van der Waals surface area contributed by atoms with Gasteiger partial charge in [0, 0.05) is 18.0 Å². The van der Waals surface area contributed by atoms with Crippen LogP contribution in [-0.4, -0.2) is 17.6 Å². The van der Waals surface area contributed by atoms with Gasteiger partial charge in [-0.3, -0.25) is 4.99 Å². The zero-order valence-corrected chi connectivity index (χ0v) is 17.8. The number of fused-ring (bicyclic) bond motifs is 2. The molecule has 5 rings (SSSR count). The van der Waals surface area contributed by atoms with Crippen molar-refractivity contribution >= 4 is 46.3 Å². The first-order chi connectivity index (χ1) is 16.2. The quantitative estimate of drug-likeness (QED) is 0.277. The second-order valence-electron chi connectivity index (χ2n) is 7.85.